The molecule has 1 aromatic carbocycles. The van der Waals surface area contributed by atoms with Crippen LogP contribution in [-0.4, -0.2) is 46.7 Å². The van der Waals surface area contributed by atoms with Crippen LogP contribution in [0.3, 0.4) is 0 Å². The van der Waals surface area contributed by atoms with Crippen molar-refractivity contribution in [3.63, 3.8) is 0 Å². The van der Waals surface area contributed by atoms with Gasteiger partial charge in [-0.25, -0.2) is 4.98 Å². The second-order valence-corrected chi connectivity index (χ2v) is 5.79. The predicted molar refractivity (Wildman–Crippen MR) is 94.8 cm³/mol. The SMILES string of the molecule is CC(C)N(CCCO)C(=O)COc1ccc(Oc2ccccn2)cc1. The van der Waals surface area contributed by atoms with E-state index in [0.29, 0.717) is 30.3 Å². The van der Waals surface area contributed by atoms with Crippen molar-refractivity contribution >= 4 is 5.91 Å². The lowest BCUT2D eigenvalue weighted by Gasteiger charge is -2.26. The Bertz CT molecular complexity index is 644. The molecule has 1 heterocycles. The summed E-state index contributed by atoms with van der Waals surface area (Å²) < 4.78 is 11.2. The maximum absolute atomic E-state index is 12.3. The number of benzene rings is 1. The lowest BCUT2D eigenvalue weighted by atomic mass is 10.3. The number of amides is 1. The molecule has 0 unspecified atom stereocenters. The first-order valence-corrected chi connectivity index (χ1v) is 8.32. The maximum Gasteiger partial charge on any atom is 0.260 e. The lowest BCUT2D eigenvalue weighted by Crippen LogP contribution is -2.40. The molecule has 0 saturated carbocycles. The van der Waals surface area contributed by atoms with E-state index in [9.17, 15) is 4.79 Å². The van der Waals surface area contributed by atoms with E-state index in [-0.39, 0.29) is 25.2 Å². The van der Waals surface area contributed by atoms with Crippen LogP contribution in [-0.2, 0) is 4.79 Å². The fraction of sp³-hybridized carbons (Fsp3) is 0.368. The summed E-state index contributed by atoms with van der Waals surface area (Å²) in [5.41, 5.74) is 0. The third kappa shape index (κ3) is 6.08. The summed E-state index contributed by atoms with van der Waals surface area (Å²) in [5, 5.41) is 8.93. The average molecular weight is 344 g/mol. The number of pyridine rings is 1. The van der Waals surface area contributed by atoms with E-state index in [2.05, 4.69) is 4.98 Å². The topological polar surface area (TPSA) is 71.9 Å². The smallest absolute Gasteiger partial charge is 0.260 e. The number of hydrogen-bond donors (Lipinski definition) is 1. The Morgan fingerprint density at radius 1 is 1.16 bits per heavy atom. The molecular weight excluding hydrogens is 320 g/mol. The van der Waals surface area contributed by atoms with E-state index in [0.717, 1.165) is 0 Å². The van der Waals surface area contributed by atoms with Crippen molar-refractivity contribution in [3.05, 3.63) is 48.7 Å². The molecule has 25 heavy (non-hydrogen) atoms. The van der Waals surface area contributed by atoms with E-state index < -0.39 is 0 Å². The van der Waals surface area contributed by atoms with Crippen LogP contribution in [0.2, 0.25) is 0 Å². The average Bonchev–Trinajstić information content (AvgIpc) is 2.62. The number of aromatic nitrogens is 1. The monoisotopic (exact) mass is 344 g/mol. The van der Waals surface area contributed by atoms with Crippen LogP contribution in [0.25, 0.3) is 0 Å². The highest BCUT2D eigenvalue weighted by Gasteiger charge is 2.16. The molecule has 0 radical (unpaired) electrons. The fourth-order valence-corrected chi connectivity index (χ4v) is 2.27. The summed E-state index contributed by atoms with van der Waals surface area (Å²) in [7, 11) is 0. The number of hydrogen-bond acceptors (Lipinski definition) is 5. The minimum Gasteiger partial charge on any atom is -0.484 e. The fourth-order valence-electron chi connectivity index (χ4n) is 2.27. The Hall–Kier alpha value is -2.60. The second-order valence-electron chi connectivity index (χ2n) is 5.79. The Morgan fingerprint density at radius 2 is 1.88 bits per heavy atom. The first-order chi connectivity index (χ1) is 12.1. The second kappa shape index (κ2) is 9.64. The number of aliphatic hydroxyl groups is 1. The highest BCUT2D eigenvalue weighted by atomic mass is 16.5. The molecule has 0 aliphatic rings. The first kappa shape index (κ1) is 18.7. The Kier molecular flexibility index (Phi) is 7.22. The summed E-state index contributed by atoms with van der Waals surface area (Å²) >= 11 is 0. The standard InChI is InChI=1S/C19H24N2O4/c1-15(2)21(12-5-13-22)19(23)14-24-16-7-9-17(10-8-16)25-18-6-3-4-11-20-18/h3-4,6-11,15,22H,5,12-14H2,1-2H3. The summed E-state index contributed by atoms with van der Waals surface area (Å²) in [4.78, 5) is 18.1. The van der Waals surface area contributed by atoms with E-state index >= 15 is 0 Å². The van der Waals surface area contributed by atoms with E-state index in [4.69, 9.17) is 14.6 Å². The molecule has 1 N–H and O–H groups in total. The van der Waals surface area contributed by atoms with Gasteiger partial charge >= 0.3 is 0 Å². The zero-order valence-corrected chi connectivity index (χ0v) is 14.6. The third-order valence-corrected chi connectivity index (χ3v) is 3.55. The van der Waals surface area contributed by atoms with Crippen LogP contribution in [0, 0.1) is 0 Å². The van der Waals surface area contributed by atoms with Crippen molar-refractivity contribution in [1.82, 2.24) is 9.88 Å². The van der Waals surface area contributed by atoms with Gasteiger partial charge in [-0.3, -0.25) is 4.79 Å². The highest BCUT2D eigenvalue weighted by molar-refractivity contribution is 5.78. The Morgan fingerprint density at radius 3 is 2.48 bits per heavy atom. The van der Waals surface area contributed by atoms with Crippen molar-refractivity contribution in [3.8, 4) is 17.4 Å². The van der Waals surface area contributed by atoms with Gasteiger partial charge in [0.1, 0.15) is 11.5 Å². The normalized spacial score (nSPS) is 10.6. The largest absolute Gasteiger partial charge is 0.484 e. The minimum atomic E-state index is -0.0998. The summed E-state index contributed by atoms with van der Waals surface area (Å²) in [6, 6.07) is 12.5. The molecule has 0 saturated heterocycles. The molecule has 0 bridgehead atoms. The highest BCUT2D eigenvalue weighted by Crippen LogP contribution is 2.22. The van der Waals surface area contributed by atoms with Crippen molar-refractivity contribution in [1.29, 1.82) is 0 Å². The van der Waals surface area contributed by atoms with Crippen molar-refractivity contribution in [2.75, 3.05) is 19.8 Å². The molecule has 0 aliphatic heterocycles. The Balaban J connectivity index is 1.87. The number of aliphatic hydroxyl groups excluding tert-OH is 1. The van der Waals surface area contributed by atoms with E-state index in [1.54, 1.807) is 41.4 Å². The van der Waals surface area contributed by atoms with Crippen LogP contribution >= 0.6 is 0 Å². The molecule has 6 heteroatoms. The van der Waals surface area contributed by atoms with E-state index in [1.165, 1.54) is 0 Å². The zero-order chi connectivity index (χ0) is 18.1. The first-order valence-electron chi connectivity index (χ1n) is 8.32. The predicted octanol–water partition coefficient (Wildman–Crippen LogP) is 2.87. The van der Waals surface area contributed by atoms with Crippen LogP contribution in [0.5, 0.6) is 17.4 Å². The van der Waals surface area contributed by atoms with Crippen LogP contribution in [0.15, 0.2) is 48.7 Å². The number of ether oxygens (including phenoxy) is 2. The van der Waals surface area contributed by atoms with Crippen LogP contribution in [0.1, 0.15) is 20.3 Å². The quantitative estimate of drug-likeness (QED) is 0.757. The van der Waals surface area contributed by atoms with Crippen LogP contribution in [0.4, 0.5) is 0 Å². The van der Waals surface area contributed by atoms with Crippen molar-refractivity contribution < 1.29 is 19.4 Å². The molecule has 2 rings (SSSR count). The maximum atomic E-state index is 12.3. The van der Waals surface area contributed by atoms with Gasteiger partial charge in [0.05, 0.1) is 0 Å². The third-order valence-electron chi connectivity index (χ3n) is 3.55. The van der Waals surface area contributed by atoms with Crippen LogP contribution < -0.4 is 9.47 Å². The summed E-state index contributed by atoms with van der Waals surface area (Å²) in [6.45, 7) is 4.43. The van der Waals surface area contributed by atoms with Gasteiger partial charge in [0, 0.05) is 31.5 Å². The zero-order valence-electron chi connectivity index (χ0n) is 14.6. The molecule has 1 amide bonds. The molecule has 2 aromatic rings. The Labute approximate surface area is 148 Å². The number of carbonyl (C=O) groups excluding carboxylic acids is 1. The van der Waals surface area contributed by atoms with E-state index in [1.807, 2.05) is 26.0 Å². The van der Waals surface area contributed by atoms with Gasteiger partial charge in [0.25, 0.3) is 5.91 Å². The van der Waals surface area contributed by atoms with Gasteiger partial charge in [0.15, 0.2) is 6.61 Å². The molecule has 0 atom stereocenters. The van der Waals surface area contributed by atoms with Gasteiger partial charge in [-0.2, -0.15) is 0 Å². The van der Waals surface area contributed by atoms with Gasteiger partial charge in [-0.05, 0) is 50.6 Å². The molecule has 0 fully saturated rings. The molecule has 0 aliphatic carbocycles. The number of carbonyl (C=O) groups is 1. The molecule has 0 spiro atoms. The van der Waals surface area contributed by atoms with Crippen molar-refractivity contribution in [2.45, 2.75) is 26.3 Å². The number of rotatable bonds is 9. The molecule has 134 valence electrons. The summed E-state index contributed by atoms with van der Waals surface area (Å²) in [6.07, 6.45) is 2.22. The van der Waals surface area contributed by atoms with Gasteiger partial charge < -0.3 is 19.5 Å². The van der Waals surface area contributed by atoms with Crippen molar-refractivity contribution in [2.24, 2.45) is 0 Å². The van der Waals surface area contributed by atoms with Gasteiger partial charge in [0.2, 0.25) is 5.88 Å². The lowest BCUT2D eigenvalue weighted by molar-refractivity contribution is -0.135. The molecule has 6 nitrogen and oxygen atoms in total. The number of nitrogens with zero attached hydrogens (tertiary/aromatic N) is 2. The molecular formula is C19H24N2O4. The van der Waals surface area contributed by atoms with Gasteiger partial charge in [-0.1, -0.05) is 6.07 Å². The minimum absolute atomic E-state index is 0.0376. The van der Waals surface area contributed by atoms with Gasteiger partial charge in [-0.15, -0.1) is 0 Å². The summed E-state index contributed by atoms with van der Waals surface area (Å²) in [5.74, 6) is 1.65. The molecule has 1 aromatic heterocycles.